The summed E-state index contributed by atoms with van der Waals surface area (Å²) < 4.78 is 5.53. The predicted octanol–water partition coefficient (Wildman–Crippen LogP) is 2.74. The Hall–Kier alpha value is -1.81. The van der Waals surface area contributed by atoms with E-state index in [4.69, 9.17) is 9.84 Å². The molecule has 1 heterocycles. The predicted molar refractivity (Wildman–Crippen MR) is 77.8 cm³/mol. The number of aliphatic hydroxyl groups is 1. The first-order valence-electron chi connectivity index (χ1n) is 6.63. The van der Waals surface area contributed by atoms with Gasteiger partial charge < -0.3 is 15.2 Å². The van der Waals surface area contributed by atoms with Crippen LogP contribution in [0.5, 0.6) is 5.75 Å². The summed E-state index contributed by atoms with van der Waals surface area (Å²) in [5.41, 5.74) is 2.97. The Kier molecular flexibility index (Phi) is 4.58. The molecule has 0 aliphatic carbocycles. The van der Waals surface area contributed by atoms with E-state index in [0.29, 0.717) is 6.61 Å². The zero-order valence-electron chi connectivity index (χ0n) is 11.4. The maximum absolute atomic E-state index is 8.85. The number of nitrogens with one attached hydrogen (secondary N) is 1. The van der Waals surface area contributed by atoms with E-state index < -0.39 is 0 Å². The van der Waals surface area contributed by atoms with Gasteiger partial charge in [0.25, 0.3) is 0 Å². The van der Waals surface area contributed by atoms with E-state index in [9.17, 15) is 0 Å². The monoisotopic (exact) mass is 260 g/mol. The van der Waals surface area contributed by atoms with Gasteiger partial charge in [0.1, 0.15) is 5.75 Å². The maximum Gasteiger partial charge on any atom is 0.120 e. The first-order valence-corrected chi connectivity index (χ1v) is 6.63. The highest BCUT2D eigenvalue weighted by Crippen LogP contribution is 2.27. The topological polar surface area (TPSA) is 54.4 Å². The van der Waals surface area contributed by atoms with Crippen molar-refractivity contribution in [2.24, 2.45) is 0 Å². The zero-order chi connectivity index (χ0) is 13.7. The molecule has 0 unspecified atom stereocenters. The first-order chi connectivity index (χ1) is 9.24. The normalized spacial score (nSPS) is 10.7. The van der Waals surface area contributed by atoms with Crippen LogP contribution in [-0.2, 0) is 0 Å². The van der Waals surface area contributed by atoms with E-state index in [1.165, 1.54) is 0 Å². The van der Waals surface area contributed by atoms with Crippen LogP contribution in [0.25, 0.3) is 10.9 Å². The highest BCUT2D eigenvalue weighted by molar-refractivity contribution is 5.92. The Morgan fingerprint density at radius 3 is 2.89 bits per heavy atom. The Labute approximate surface area is 113 Å². The molecule has 1 aromatic carbocycles. The van der Waals surface area contributed by atoms with E-state index in [2.05, 4.69) is 10.3 Å². The number of aliphatic hydroxyl groups excluding tert-OH is 1. The second-order valence-corrected chi connectivity index (χ2v) is 4.43. The Balaban J connectivity index is 2.37. The van der Waals surface area contributed by atoms with Crippen LogP contribution in [0.2, 0.25) is 0 Å². The Morgan fingerprint density at radius 2 is 2.16 bits per heavy atom. The van der Waals surface area contributed by atoms with Gasteiger partial charge in [0.05, 0.1) is 12.1 Å². The minimum atomic E-state index is 0.194. The Bertz CT molecular complexity index is 555. The fourth-order valence-electron chi connectivity index (χ4n) is 2.04. The molecule has 0 atom stereocenters. The number of benzene rings is 1. The lowest BCUT2D eigenvalue weighted by molar-refractivity contribution is 0.292. The number of pyridine rings is 1. The molecule has 0 bridgehead atoms. The first kappa shape index (κ1) is 13.6. The lowest BCUT2D eigenvalue weighted by Gasteiger charge is -2.11. The minimum absolute atomic E-state index is 0.194. The maximum atomic E-state index is 8.85. The van der Waals surface area contributed by atoms with E-state index in [1.54, 1.807) is 0 Å². The lowest BCUT2D eigenvalue weighted by Crippen LogP contribution is -2.05. The number of hydrogen-bond acceptors (Lipinski definition) is 4. The fraction of sp³-hybridized carbons (Fsp3) is 0.400. The molecule has 0 aliphatic heterocycles. The molecule has 2 N–H and O–H groups in total. The second kappa shape index (κ2) is 6.38. The standard InChI is InChI=1S/C15H20N2O2/c1-3-19-12-5-6-14-13(10-12)15(9-11(2)17-14)16-7-4-8-18/h5-6,9-10,18H,3-4,7-8H2,1-2H3,(H,16,17). The fourth-order valence-corrected chi connectivity index (χ4v) is 2.04. The molecule has 0 aliphatic rings. The molecule has 0 fully saturated rings. The quantitative estimate of drug-likeness (QED) is 0.784. The van der Waals surface area contributed by atoms with Gasteiger partial charge in [0.15, 0.2) is 0 Å². The number of nitrogens with zero attached hydrogens (tertiary/aromatic N) is 1. The van der Waals surface area contributed by atoms with Crippen molar-refractivity contribution in [3.8, 4) is 5.75 Å². The van der Waals surface area contributed by atoms with Gasteiger partial charge in [0.2, 0.25) is 0 Å². The third kappa shape index (κ3) is 3.35. The van der Waals surface area contributed by atoms with Crippen molar-refractivity contribution >= 4 is 16.6 Å². The number of aryl methyl sites for hydroxylation is 1. The summed E-state index contributed by atoms with van der Waals surface area (Å²) >= 11 is 0. The van der Waals surface area contributed by atoms with E-state index in [1.807, 2.05) is 38.1 Å². The largest absolute Gasteiger partial charge is 0.494 e. The summed E-state index contributed by atoms with van der Waals surface area (Å²) in [6.07, 6.45) is 0.730. The van der Waals surface area contributed by atoms with Gasteiger partial charge in [-0.2, -0.15) is 0 Å². The number of hydrogen-bond donors (Lipinski definition) is 2. The highest BCUT2D eigenvalue weighted by atomic mass is 16.5. The van der Waals surface area contributed by atoms with Crippen LogP contribution in [0.15, 0.2) is 24.3 Å². The minimum Gasteiger partial charge on any atom is -0.494 e. The van der Waals surface area contributed by atoms with Crippen molar-refractivity contribution in [3.05, 3.63) is 30.0 Å². The lowest BCUT2D eigenvalue weighted by atomic mass is 10.1. The molecule has 2 aromatic rings. The average molecular weight is 260 g/mol. The van der Waals surface area contributed by atoms with Crippen molar-refractivity contribution in [1.29, 1.82) is 0 Å². The molecule has 0 saturated carbocycles. The third-order valence-electron chi connectivity index (χ3n) is 2.87. The van der Waals surface area contributed by atoms with Gasteiger partial charge in [-0.25, -0.2) is 0 Å². The molecule has 1 aromatic heterocycles. The van der Waals surface area contributed by atoms with Crippen molar-refractivity contribution in [2.75, 3.05) is 25.1 Å². The summed E-state index contributed by atoms with van der Waals surface area (Å²) in [5, 5.41) is 13.2. The number of aromatic nitrogens is 1. The molecular formula is C15H20N2O2. The molecular weight excluding hydrogens is 240 g/mol. The van der Waals surface area contributed by atoms with Crippen LogP contribution in [-0.4, -0.2) is 29.8 Å². The smallest absolute Gasteiger partial charge is 0.120 e. The molecule has 4 nitrogen and oxygen atoms in total. The van der Waals surface area contributed by atoms with Gasteiger partial charge in [0, 0.05) is 29.9 Å². The molecule has 0 saturated heterocycles. The van der Waals surface area contributed by atoms with Crippen molar-refractivity contribution in [1.82, 2.24) is 4.98 Å². The summed E-state index contributed by atoms with van der Waals surface area (Å²) in [7, 11) is 0. The van der Waals surface area contributed by atoms with E-state index in [0.717, 1.165) is 41.0 Å². The van der Waals surface area contributed by atoms with E-state index in [-0.39, 0.29) is 6.61 Å². The van der Waals surface area contributed by atoms with Gasteiger partial charge >= 0.3 is 0 Å². The van der Waals surface area contributed by atoms with Crippen LogP contribution in [0.3, 0.4) is 0 Å². The summed E-state index contributed by atoms with van der Waals surface area (Å²) in [5.74, 6) is 0.853. The van der Waals surface area contributed by atoms with Crippen LogP contribution in [0.1, 0.15) is 19.0 Å². The Morgan fingerprint density at radius 1 is 1.32 bits per heavy atom. The third-order valence-corrected chi connectivity index (χ3v) is 2.87. The number of rotatable bonds is 6. The number of ether oxygens (including phenoxy) is 1. The van der Waals surface area contributed by atoms with Crippen LogP contribution >= 0.6 is 0 Å². The van der Waals surface area contributed by atoms with Gasteiger partial charge in [-0.05, 0) is 44.5 Å². The summed E-state index contributed by atoms with van der Waals surface area (Å²) in [4.78, 5) is 4.52. The van der Waals surface area contributed by atoms with Crippen LogP contribution < -0.4 is 10.1 Å². The van der Waals surface area contributed by atoms with E-state index >= 15 is 0 Å². The van der Waals surface area contributed by atoms with Crippen molar-refractivity contribution < 1.29 is 9.84 Å². The number of anilines is 1. The molecule has 0 amide bonds. The zero-order valence-corrected chi connectivity index (χ0v) is 11.4. The van der Waals surface area contributed by atoms with Crippen LogP contribution in [0.4, 0.5) is 5.69 Å². The SMILES string of the molecule is CCOc1ccc2nc(C)cc(NCCCO)c2c1. The molecule has 4 heteroatoms. The number of fused-ring (bicyclic) bond motifs is 1. The molecule has 102 valence electrons. The van der Waals surface area contributed by atoms with Crippen molar-refractivity contribution in [2.45, 2.75) is 20.3 Å². The molecule has 19 heavy (non-hydrogen) atoms. The average Bonchev–Trinajstić information content (AvgIpc) is 2.40. The van der Waals surface area contributed by atoms with Gasteiger partial charge in [-0.1, -0.05) is 0 Å². The summed E-state index contributed by atoms with van der Waals surface area (Å²) in [6, 6.07) is 7.95. The van der Waals surface area contributed by atoms with Gasteiger partial charge in [-0.15, -0.1) is 0 Å². The van der Waals surface area contributed by atoms with Gasteiger partial charge in [-0.3, -0.25) is 4.98 Å². The second-order valence-electron chi connectivity index (χ2n) is 4.43. The summed E-state index contributed by atoms with van der Waals surface area (Å²) in [6.45, 7) is 5.54. The van der Waals surface area contributed by atoms with Crippen molar-refractivity contribution in [3.63, 3.8) is 0 Å². The molecule has 2 rings (SSSR count). The highest BCUT2D eigenvalue weighted by Gasteiger charge is 2.05. The van der Waals surface area contributed by atoms with Crippen LogP contribution in [0, 0.1) is 6.92 Å². The molecule has 0 spiro atoms. The molecule has 0 radical (unpaired) electrons.